The number of aromatic nitrogens is 1. The van der Waals surface area contributed by atoms with Gasteiger partial charge in [-0.15, -0.1) is 0 Å². The summed E-state index contributed by atoms with van der Waals surface area (Å²) in [5, 5.41) is 3.76. The molecule has 1 atom stereocenters. The van der Waals surface area contributed by atoms with Crippen LogP contribution in [-0.2, 0) is 17.6 Å². The van der Waals surface area contributed by atoms with Gasteiger partial charge in [-0.3, -0.25) is 4.79 Å². The van der Waals surface area contributed by atoms with Crippen molar-refractivity contribution in [1.29, 1.82) is 0 Å². The third-order valence-corrected chi connectivity index (χ3v) is 4.92. The normalized spacial score (nSPS) is 15.6. The Hall–Kier alpha value is -2.88. The number of hydrogen-bond donors (Lipinski definition) is 1. The Bertz CT molecular complexity index is 1010. The van der Waals surface area contributed by atoms with Gasteiger partial charge in [0.15, 0.2) is 0 Å². The Morgan fingerprint density at radius 2 is 2.08 bits per heavy atom. The largest absolute Gasteiger partial charge is 0.490 e. The molecule has 132 valence electrons. The predicted octanol–water partition coefficient (Wildman–Crippen LogP) is 3.82. The molecule has 0 spiro atoms. The Labute approximate surface area is 153 Å². The number of aryl methyl sites for hydroxylation is 1. The molecular formula is C22H22N2O2. The lowest BCUT2D eigenvalue weighted by Crippen LogP contribution is -2.19. The Morgan fingerprint density at radius 3 is 2.88 bits per heavy atom. The van der Waals surface area contributed by atoms with E-state index in [2.05, 4.69) is 43.4 Å². The summed E-state index contributed by atoms with van der Waals surface area (Å²) in [4.78, 5) is 16.5. The zero-order chi connectivity index (χ0) is 18.3. The molecule has 1 amide bonds. The summed E-state index contributed by atoms with van der Waals surface area (Å²) in [6, 6.07) is 14.5. The van der Waals surface area contributed by atoms with Crippen LogP contribution >= 0.6 is 0 Å². The number of carbonyl (C=O) groups excluding carboxylic acids is 1. The molecule has 0 fully saturated rings. The molecule has 1 aliphatic rings. The van der Waals surface area contributed by atoms with E-state index in [1.165, 1.54) is 5.56 Å². The fourth-order valence-corrected chi connectivity index (χ4v) is 3.55. The zero-order valence-electron chi connectivity index (χ0n) is 15.3. The molecule has 4 heteroatoms. The second kappa shape index (κ2) is 6.45. The lowest BCUT2D eigenvalue weighted by Gasteiger charge is -2.10. The smallest absolute Gasteiger partial charge is 0.224 e. The number of nitrogens with one attached hydrogen (secondary N) is 1. The molecule has 1 N–H and O–H groups in total. The first kappa shape index (κ1) is 16.6. The SMILES string of the molecule is CNC(=O)Cc1ccc2nc(-c3ccc4c(c3)CC(C)O4)cc(C)c2c1. The third kappa shape index (κ3) is 3.03. The van der Waals surface area contributed by atoms with Gasteiger partial charge < -0.3 is 10.1 Å². The average Bonchev–Trinajstić information content (AvgIpc) is 3.01. The molecule has 0 aliphatic carbocycles. The number of ether oxygens (including phenoxy) is 1. The molecule has 0 radical (unpaired) electrons. The summed E-state index contributed by atoms with van der Waals surface area (Å²) in [7, 11) is 1.66. The number of benzene rings is 2. The van der Waals surface area contributed by atoms with Crippen LogP contribution < -0.4 is 10.1 Å². The van der Waals surface area contributed by atoms with E-state index in [-0.39, 0.29) is 12.0 Å². The van der Waals surface area contributed by atoms with Crippen molar-refractivity contribution in [3.63, 3.8) is 0 Å². The Balaban J connectivity index is 1.73. The second-order valence-corrected chi connectivity index (χ2v) is 6.98. The number of hydrogen-bond acceptors (Lipinski definition) is 3. The van der Waals surface area contributed by atoms with Crippen LogP contribution in [0.4, 0.5) is 0 Å². The minimum absolute atomic E-state index is 0.0150. The number of rotatable bonds is 3. The van der Waals surface area contributed by atoms with Crippen LogP contribution in [0.1, 0.15) is 23.6 Å². The molecule has 26 heavy (non-hydrogen) atoms. The standard InChI is InChI=1S/C22H22N2O2/c1-13-8-20(16-5-7-21-17(12-16)9-14(2)26-21)24-19-6-4-15(10-18(13)19)11-22(25)23-3/h4-8,10,12,14H,9,11H2,1-3H3,(H,23,25). The Kier molecular flexibility index (Phi) is 4.11. The highest BCUT2D eigenvalue weighted by atomic mass is 16.5. The quantitative estimate of drug-likeness (QED) is 0.784. The van der Waals surface area contributed by atoms with Crippen LogP contribution in [0.25, 0.3) is 22.2 Å². The van der Waals surface area contributed by atoms with Gasteiger partial charge in [0.1, 0.15) is 11.9 Å². The lowest BCUT2D eigenvalue weighted by atomic mass is 10.0. The van der Waals surface area contributed by atoms with E-state index >= 15 is 0 Å². The van der Waals surface area contributed by atoms with Crippen LogP contribution in [-0.4, -0.2) is 24.0 Å². The number of pyridine rings is 1. The highest BCUT2D eigenvalue weighted by Crippen LogP contribution is 2.33. The van der Waals surface area contributed by atoms with Gasteiger partial charge in [0, 0.05) is 24.4 Å². The maximum Gasteiger partial charge on any atom is 0.224 e. The molecule has 2 aromatic carbocycles. The van der Waals surface area contributed by atoms with Crippen molar-refractivity contribution < 1.29 is 9.53 Å². The summed E-state index contributed by atoms with van der Waals surface area (Å²) in [6.07, 6.45) is 1.57. The summed E-state index contributed by atoms with van der Waals surface area (Å²) < 4.78 is 5.79. The fraction of sp³-hybridized carbons (Fsp3) is 0.273. The summed E-state index contributed by atoms with van der Waals surface area (Å²) >= 11 is 0. The minimum Gasteiger partial charge on any atom is -0.490 e. The van der Waals surface area contributed by atoms with Gasteiger partial charge in [-0.05, 0) is 66.9 Å². The summed E-state index contributed by atoms with van der Waals surface area (Å²) in [6.45, 7) is 4.18. The average molecular weight is 346 g/mol. The van der Waals surface area contributed by atoms with Crippen LogP contribution in [0.3, 0.4) is 0 Å². The molecule has 4 rings (SSSR count). The minimum atomic E-state index is 0.0150. The van der Waals surface area contributed by atoms with Gasteiger partial charge >= 0.3 is 0 Å². The summed E-state index contributed by atoms with van der Waals surface area (Å²) in [5.74, 6) is 0.999. The zero-order valence-corrected chi connectivity index (χ0v) is 15.3. The lowest BCUT2D eigenvalue weighted by molar-refractivity contribution is -0.119. The molecule has 4 nitrogen and oxygen atoms in total. The van der Waals surface area contributed by atoms with E-state index < -0.39 is 0 Å². The molecule has 1 aromatic heterocycles. The number of amides is 1. The van der Waals surface area contributed by atoms with Crippen molar-refractivity contribution in [1.82, 2.24) is 10.3 Å². The number of likely N-dealkylation sites (N-methyl/N-ethyl adjacent to an activating group) is 1. The highest BCUT2D eigenvalue weighted by molar-refractivity contribution is 5.87. The molecule has 0 bridgehead atoms. The van der Waals surface area contributed by atoms with E-state index in [1.54, 1.807) is 7.05 Å². The molecule has 2 heterocycles. The molecular weight excluding hydrogens is 324 g/mol. The number of carbonyl (C=O) groups is 1. The molecule has 3 aromatic rings. The maximum absolute atomic E-state index is 11.6. The van der Waals surface area contributed by atoms with Crippen LogP contribution in [0, 0.1) is 6.92 Å². The molecule has 1 unspecified atom stereocenters. The topological polar surface area (TPSA) is 51.2 Å². The van der Waals surface area contributed by atoms with E-state index in [4.69, 9.17) is 9.72 Å². The van der Waals surface area contributed by atoms with Gasteiger partial charge in [-0.25, -0.2) is 4.98 Å². The van der Waals surface area contributed by atoms with Crippen LogP contribution in [0.2, 0.25) is 0 Å². The van der Waals surface area contributed by atoms with Crippen molar-refractivity contribution in [3.05, 3.63) is 59.2 Å². The number of nitrogens with zero attached hydrogens (tertiary/aromatic N) is 1. The predicted molar refractivity (Wildman–Crippen MR) is 103 cm³/mol. The Morgan fingerprint density at radius 1 is 1.23 bits per heavy atom. The van der Waals surface area contributed by atoms with Gasteiger partial charge in [-0.2, -0.15) is 0 Å². The molecule has 0 saturated carbocycles. The second-order valence-electron chi connectivity index (χ2n) is 6.98. The highest BCUT2D eigenvalue weighted by Gasteiger charge is 2.19. The van der Waals surface area contributed by atoms with Crippen molar-refractivity contribution >= 4 is 16.8 Å². The van der Waals surface area contributed by atoms with Crippen molar-refractivity contribution in [2.45, 2.75) is 32.8 Å². The first-order valence-electron chi connectivity index (χ1n) is 8.94. The molecule has 0 saturated heterocycles. The van der Waals surface area contributed by atoms with Crippen molar-refractivity contribution in [2.24, 2.45) is 0 Å². The first-order chi connectivity index (χ1) is 12.5. The monoisotopic (exact) mass is 346 g/mol. The van der Waals surface area contributed by atoms with E-state index in [0.29, 0.717) is 6.42 Å². The van der Waals surface area contributed by atoms with Gasteiger partial charge in [0.25, 0.3) is 0 Å². The number of fused-ring (bicyclic) bond motifs is 2. The van der Waals surface area contributed by atoms with Gasteiger partial charge in [0.2, 0.25) is 5.91 Å². The van der Waals surface area contributed by atoms with E-state index in [9.17, 15) is 4.79 Å². The molecule has 1 aliphatic heterocycles. The van der Waals surface area contributed by atoms with Gasteiger partial charge in [0.05, 0.1) is 17.6 Å². The maximum atomic E-state index is 11.6. The first-order valence-corrected chi connectivity index (χ1v) is 8.94. The van der Waals surface area contributed by atoms with E-state index in [0.717, 1.165) is 45.5 Å². The third-order valence-electron chi connectivity index (χ3n) is 4.92. The fourth-order valence-electron chi connectivity index (χ4n) is 3.55. The van der Waals surface area contributed by atoms with Crippen LogP contribution in [0.5, 0.6) is 5.75 Å². The summed E-state index contributed by atoms with van der Waals surface area (Å²) in [5.41, 5.74) is 6.44. The van der Waals surface area contributed by atoms with Crippen molar-refractivity contribution in [3.8, 4) is 17.0 Å². The van der Waals surface area contributed by atoms with Crippen LogP contribution in [0.15, 0.2) is 42.5 Å². The van der Waals surface area contributed by atoms with Gasteiger partial charge in [-0.1, -0.05) is 6.07 Å². The van der Waals surface area contributed by atoms with E-state index in [1.807, 2.05) is 18.2 Å². The van der Waals surface area contributed by atoms with Crippen molar-refractivity contribution in [2.75, 3.05) is 7.05 Å².